The van der Waals surface area contributed by atoms with E-state index in [2.05, 4.69) is 0 Å². The summed E-state index contributed by atoms with van der Waals surface area (Å²) in [6.07, 6.45) is 1.69. The van der Waals surface area contributed by atoms with Crippen LogP contribution in [0.25, 0.3) is 5.57 Å². The van der Waals surface area contributed by atoms with Crippen LogP contribution in [0.2, 0.25) is 0 Å². The lowest BCUT2D eigenvalue weighted by Gasteiger charge is -2.04. The molecule has 0 radical (unpaired) electrons. The van der Waals surface area contributed by atoms with Crippen molar-refractivity contribution in [3.8, 4) is 0 Å². The van der Waals surface area contributed by atoms with E-state index in [0.717, 1.165) is 12.1 Å². The average molecular weight is 212 g/mol. The Morgan fingerprint density at radius 2 is 1.80 bits per heavy atom. The molecule has 15 heavy (non-hydrogen) atoms. The Bertz CT molecular complexity index is 413. The molecule has 0 aliphatic carbocycles. The van der Waals surface area contributed by atoms with E-state index in [1.54, 1.807) is 19.9 Å². The molecular weight excluding hydrogens is 202 g/mol. The smallest absolute Gasteiger partial charge is 0.341 e. The third-order valence-electron chi connectivity index (χ3n) is 2.14. The lowest BCUT2D eigenvalue weighted by Crippen LogP contribution is -2.05. The van der Waals surface area contributed by atoms with Gasteiger partial charge in [0, 0.05) is 0 Å². The van der Waals surface area contributed by atoms with E-state index in [4.69, 9.17) is 5.11 Å². The van der Waals surface area contributed by atoms with Gasteiger partial charge in [-0.3, -0.25) is 0 Å². The fourth-order valence-corrected chi connectivity index (χ4v) is 1.17. The predicted octanol–water partition coefficient (Wildman–Crippen LogP) is 3.09. The first kappa shape index (κ1) is 11.4. The van der Waals surface area contributed by atoms with Crippen LogP contribution < -0.4 is 0 Å². The quantitative estimate of drug-likeness (QED) is 0.817. The monoisotopic (exact) mass is 212 g/mol. The summed E-state index contributed by atoms with van der Waals surface area (Å²) in [5, 5.41) is 8.54. The number of carbonyl (C=O) groups is 1. The average Bonchev–Trinajstić information content (AvgIpc) is 2.14. The fourth-order valence-electron chi connectivity index (χ4n) is 1.17. The maximum atomic E-state index is 13.2. The van der Waals surface area contributed by atoms with Gasteiger partial charge in [0.15, 0.2) is 0 Å². The molecule has 1 N–H and O–H groups in total. The third kappa shape index (κ3) is 2.21. The first-order chi connectivity index (χ1) is 6.97. The number of carboxylic acids is 1. The van der Waals surface area contributed by atoms with E-state index in [1.165, 1.54) is 0 Å². The van der Waals surface area contributed by atoms with Crippen LogP contribution in [0, 0.1) is 11.6 Å². The van der Waals surface area contributed by atoms with Crippen LogP contribution in [0.5, 0.6) is 0 Å². The summed E-state index contributed by atoms with van der Waals surface area (Å²) in [5.41, 5.74) is 0.116. The van der Waals surface area contributed by atoms with Crippen molar-refractivity contribution in [2.24, 2.45) is 0 Å². The molecule has 0 saturated heterocycles. The molecule has 0 atom stereocenters. The molecule has 0 amide bonds. The van der Waals surface area contributed by atoms with E-state index < -0.39 is 23.2 Å². The highest BCUT2D eigenvalue weighted by Crippen LogP contribution is 2.20. The second-order valence-corrected chi connectivity index (χ2v) is 3.09. The number of rotatable bonds is 2. The molecule has 1 aromatic rings. The van der Waals surface area contributed by atoms with Gasteiger partial charge in [-0.15, -0.1) is 0 Å². The normalized spacial score (nSPS) is 11.6. The highest BCUT2D eigenvalue weighted by Gasteiger charge is 2.17. The Morgan fingerprint density at radius 3 is 2.13 bits per heavy atom. The molecule has 0 heterocycles. The van der Waals surface area contributed by atoms with Gasteiger partial charge in [0.05, 0.1) is 0 Å². The summed E-state index contributed by atoms with van der Waals surface area (Å²) in [6.45, 7) is 3.42. The number of benzene rings is 1. The van der Waals surface area contributed by atoms with Gasteiger partial charge >= 0.3 is 5.97 Å². The largest absolute Gasteiger partial charge is 0.477 e. The Labute approximate surface area is 85.9 Å². The highest BCUT2D eigenvalue weighted by molar-refractivity contribution is 5.88. The van der Waals surface area contributed by atoms with Crippen LogP contribution in [-0.4, -0.2) is 11.1 Å². The van der Waals surface area contributed by atoms with E-state index in [9.17, 15) is 13.6 Å². The summed E-state index contributed by atoms with van der Waals surface area (Å²) >= 11 is 0. The van der Waals surface area contributed by atoms with Crippen LogP contribution in [0.15, 0.2) is 18.2 Å². The maximum Gasteiger partial charge on any atom is 0.341 e. The number of hydrogen-bond acceptors (Lipinski definition) is 1. The maximum absolute atomic E-state index is 13.2. The predicted molar refractivity (Wildman–Crippen MR) is 52.6 cm³/mol. The number of hydrogen-bond donors (Lipinski definition) is 1. The molecule has 0 saturated carbocycles. The molecule has 2 nitrogen and oxygen atoms in total. The van der Waals surface area contributed by atoms with Gasteiger partial charge in [-0.25, -0.2) is 13.6 Å². The number of carboxylic acid groups (broad SMARTS) is 1. The zero-order valence-electron chi connectivity index (χ0n) is 8.34. The van der Waals surface area contributed by atoms with Gasteiger partial charge in [0.1, 0.15) is 17.2 Å². The Morgan fingerprint density at radius 1 is 1.33 bits per heavy atom. The minimum atomic E-state index is -1.60. The van der Waals surface area contributed by atoms with Crippen LogP contribution in [0.1, 0.15) is 29.8 Å². The third-order valence-corrected chi connectivity index (χ3v) is 2.14. The molecule has 0 fully saturated rings. The highest BCUT2D eigenvalue weighted by atomic mass is 19.1. The first-order valence-corrected chi connectivity index (χ1v) is 4.33. The van der Waals surface area contributed by atoms with Gasteiger partial charge in [-0.1, -0.05) is 6.08 Å². The lowest BCUT2D eigenvalue weighted by atomic mass is 10.0. The van der Waals surface area contributed by atoms with Crippen molar-refractivity contribution in [3.05, 3.63) is 41.0 Å². The van der Waals surface area contributed by atoms with Crippen LogP contribution in [0.4, 0.5) is 8.78 Å². The number of halogens is 2. The van der Waals surface area contributed by atoms with E-state index in [0.29, 0.717) is 11.1 Å². The second kappa shape index (κ2) is 4.21. The van der Waals surface area contributed by atoms with Crippen molar-refractivity contribution in [1.29, 1.82) is 0 Å². The molecule has 0 aliphatic heterocycles. The summed E-state index contributed by atoms with van der Waals surface area (Å²) in [6, 6.07) is 2.03. The molecule has 0 bridgehead atoms. The van der Waals surface area contributed by atoms with Crippen LogP contribution in [-0.2, 0) is 0 Å². The second-order valence-electron chi connectivity index (χ2n) is 3.09. The molecule has 0 spiro atoms. The Kier molecular flexibility index (Phi) is 3.19. The van der Waals surface area contributed by atoms with Gasteiger partial charge in [0.25, 0.3) is 0 Å². The van der Waals surface area contributed by atoms with Crippen molar-refractivity contribution in [3.63, 3.8) is 0 Å². The molecule has 0 aromatic heterocycles. The minimum Gasteiger partial charge on any atom is -0.477 e. The van der Waals surface area contributed by atoms with Crippen molar-refractivity contribution < 1.29 is 18.7 Å². The summed E-state index contributed by atoms with van der Waals surface area (Å²) < 4.78 is 26.4. The van der Waals surface area contributed by atoms with Crippen molar-refractivity contribution >= 4 is 11.5 Å². The summed E-state index contributed by atoms with van der Waals surface area (Å²) in [7, 11) is 0. The summed E-state index contributed by atoms with van der Waals surface area (Å²) in [4.78, 5) is 10.5. The van der Waals surface area contributed by atoms with Crippen molar-refractivity contribution in [1.82, 2.24) is 0 Å². The van der Waals surface area contributed by atoms with Gasteiger partial charge < -0.3 is 5.11 Å². The molecule has 4 heteroatoms. The van der Waals surface area contributed by atoms with Crippen molar-refractivity contribution in [2.75, 3.05) is 0 Å². The topological polar surface area (TPSA) is 37.3 Å². The Balaban J connectivity index is 3.38. The molecule has 0 aliphatic rings. The zero-order chi connectivity index (χ0) is 11.6. The molecule has 1 rings (SSSR count). The van der Waals surface area contributed by atoms with E-state index >= 15 is 0 Å². The standard InChI is InChI=1S/C11H10F2O2/c1-3-6(2)7-4-8(12)10(11(14)15)9(13)5-7/h3-5H,1-2H3,(H,14,15). The van der Waals surface area contributed by atoms with E-state index in [-0.39, 0.29) is 0 Å². The van der Waals surface area contributed by atoms with Gasteiger partial charge in [0.2, 0.25) is 0 Å². The number of allylic oxidation sites excluding steroid dienone is 2. The first-order valence-electron chi connectivity index (χ1n) is 4.33. The van der Waals surface area contributed by atoms with Crippen molar-refractivity contribution in [2.45, 2.75) is 13.8 Å². The van der Waals surface area contributed by atoms with Gasteiger partial charge in [-0.05, 0) is 37.1 Å². The molecule has 1 aromatic carbocycles. The number of aromatic carboxylic acids is 1. The lowest BCUT2D eigenvalue weighted by molar-refractivity contribution is 0.0686. The Hall–Kier alpha value is -1.71. The fraction of sp³-hybridized carbons (Fsp3) is 0.182. The molecular formula is C11H10F2O2. The molecule has 80 valence electrons. The zero-order valence-corrected chi connectivity index (χ0v) is 8.34. The summed E-state index contributed by atoms with van der Waals surface area (Å²) in [5.74, 6) is -3.72. The van der Waals surface area contributed by atoms with Crippen LogP contribution in [0.3, 0.4) is 0 Å². The minimum absolute atomic E-state index is 0.345. The van der Waals surface area contributed by atoms with Crippen LogP contribution >= 0.6 is 0 Å². The SMILES string of the molecule is CC=C(C)c1cc(F)c(C(=O)O)c(F)c1. The van der Waals surface area contributed by atoms with E-state index in [1.807, 2.05) is 0 Å². The van der Waals surface area contributed by atoms with Gasteiger partial charge in [-0.2, -0.15) is 0 Å². The molecule has 0 unspecified atom stereocenters.